The van der Waals surface area contributed by atoms with E-state index in [-0.39, 0.29) is 6.04 Å². The monoisotopic (exact) mass is 350 g/mol. The zero-order valence-corrected chi connectivity index (χ0v) is 15.5. The van der Waals surface area contributed by atoms with E-state index in [9.17, 15) is 9.59 Å². The molecule has 0 heterocycles. The molecule has 136 valence electrons. The molecule has 3 rings (SSSR count). The van der Waals surface area contributed by atoms with E-state index in [4.69, 9.17) is 0 Å². The zero-order chi connectivity index (χ0) is 18.5. The number of aryl methyl sites for hydroxylation is 3. The first kappa shape index (κ1) is 18.2. The van der Waals surface area contributed by atoms with Crippen molar-refractivity contribution in [3.63, 3.8) is 0 Å². The molecule has 1 atom stereocenters. The van der Waals surface area contributed by atoms with Gasteiger partial charge in [0.1, 0.15) is 0 Å². The molecule has 26 heavy (non-hydrogen) atoms. The quantitative estimate of drug-likeness (QED) is 0.816. The van der Waals surface area contributed by atoms with Crippen LogP contribution in [0.3, 0.4) is 0 Å². The van der Waals surface area contributed by atoms with Crippen molar-refractivity contribution in [2.45, 2.75) is 52.0 Å². The van der Waals surface area contributed by atoms with Gasteiger partial charge in [0.15, 0.2) is 0 Å². The molecule has 4 nitrogen and oxygen atoms in total. The maximum Gasteiger partial charge on any atom is 0.313 e. The number of nitrogens with one attached hydrogen (secondary N) is 2. The lowest BCUT2D eigenvalue weighted by atomic mass is 9.89. The van der Waals surface area contributed by atoms with Gasteiger partial charge in [0, 0.05) is 5.69 Å². The lowest BCUT2D eigenvalue weighted by Gasteiger charge is -2.21. The molecule has 2 N–H and O–H groups in total. The highest BCUT2D eigenvalue weighted by atomic mass is 16.2. The first-order chi connectivity index (χ1) is 12.6. The Kier molecular flexibility index (Phi) is 5.71. The number of amides is 2. The van der Waals surface area contributed by atoms with E-state index >= 15 is 0 Å². The lowest BCUT2D eigenvalue weighted by Crippen LogP contribution is -2.37. The van der Waals surface area contributed by atoms with E-state index in [0.717, 1.165) is 30.4 Å². The minimum absolute atomic E-state index is 0.154. The van der Waals surface area contributed by atoms with Gasteiger partial charge in [-0.15, -0.1) is 0 Å². The average molecular weight is 350 g/mol. The molecule has 0 saturated carbocycles. The minimum atomic E-state index is -0.634. The molecule has 0 saturated heterocycles. The summed E-state index contributed by atoms with van der Waals surface area (Å²) in [6, 6.07) is 13.7. The third-order valence-electron chi connectivity index (χ3n) is 5.00. The molecule has 0 aliphatic heterocycles. The highest BCUT2D eigenvalue weighted by molar-refractivity contribution is 6.39. The summed E-state index contributed by atoms with van der Waals surface area (Å²) >= 11 is 0. The van der Waals surface area contributed by atoms with Crippen molar-refractivity contribution in [2.24, 2.45) is 0 Å². The molecule has 0 spiro atoms. The second kappa shape index (κ2) is 8.17. The number of benzene rings is 2. The first-order valence-electron chi connectivity index (χ1n) is 9.37. The molecule has 2 amide bonds. The SMILES string of the molecule is CCC(NC(=O)C(=O)Nc1ccc(C)cc1)c1ccc2c(c1)CCCC2. The van der Waals surface area contributed by atoms with Crippen molar-refractivity contribution in [2.75, 3.05) is 5.32 Å². The number of fused-ring (bicyclic) bond motifs is 1. The Morgan fingerprint density at radius 2 is 1.65 bits per heavy atom. The molecule has 0 fully saturated rings. The molecule has 0 radical (unpaired) electrons. The second-order valence-corrected chi connectivity index (χ2v) is 6.99. The van der Waals surface area contributed by atoms with E-state index in [2.05, 4.69) is 28.8 Å². The van der Waals surface area contributed by atoms with Crippen LogP contribution in [0.25, 0.3) is 0 Å². The van der Waals surface area contributed by atoms with Crippen LogP contribution in [-0.2, 0) is 22.4 Å². The summed E-state index contributed by atoms with van der Waals surface area (Å²) in [6.07, 6.45) is 5.44. The fraction of sp³-hybridized carbons (Fsp3) is 0.364. The van der Waals surface area contributed by atoms with Gasteiger partial charge in [-0.2, -0.15) is 0 Å². The molecule has 2 aromatic carbocycles. The fourth-order valence-electron chi connectivity index (χ4n) is 3.44. The number of anilines is 1. The zero-order valence-electron chi connectivity index (χ0n) is 15.5. The van der Waals surface area contributed by atoms with Gasteiger partial charge >= 0.3 is 11.8 Å². The van der Waals surface area contributed by atoms with Crippen LogP contribution in [0.5, 0.6) is 0 Å². The lowest BCUT2D eigenvalue weighted by molar-refractivity contribution is -0.136. The molecule has 1 aliphatic carbocycles. The van der Waals surface area contributed by atoms with Crippen LogP contribution in [0, 0.1) is 6.92 Å². The molecule has 0 bridgehead atoms. The standard InChI is InChI=1S/C22H26N2O2/c1-3-20(18-11-10-16-6-4-5-7-17(16)14-18)24-22(26)21(25)23-19-12-8-15(2)9-13-19/h8-14,20H,3-7H2,1-2H3,(H,23,25)(H,24,26). The van der Waals surface area contributed by atoms with Crippen molar-refractivity contribution >= 4 is 17.5 Å². The van der Waals surface area contributed by atoms with Gasteiger partial charge in [0.05, 0.1) is 6.04 Å². The van der Waals surface area contributed by atoms with Gasteiger partial charge < -0.3 is 10.6 Å². The Morgan fingerprint density at radius 1 is 0.962 bits per heavy atom. The van der Waals surface area contributed by atoms with E-state index < -0.39 is 11.8 Å². The summed E-state index contributed by atoms with van der Waals surface area (Å²) in [6.45, 7) is 3.99. The predicted octanol–water partition coefficient (Wildman–Crippen LogP) is 4.08. The highest BCUT2D eigenvalue weighted by Crippen LogP contribution is 2.26. The van der Waals surface area contributed by atoms with Gasteiger partial charge in [-0.3, -0.25) is 9.59 Å². The molecular weight excluding hydrogens is 324 g/mol. The third kappa shape index (κ3) is 4.31. The van der Waals surface area contributed by atoms with Crippen molar-refractivity contribution in [3.05, 3.63) is 64.7 Å². The van der Waals surface area contributed by atoms with Gasteiger partial charge in [-0.1, -0.05) is 42.8 Å². The first-order valence-corrected chi connectivity index (χ1v) is 9.37. The van der Waals surface area contributed by atoms with E-state index in [1.807, 2.05) is 26.0 Å². The number of hydrogen-bond donors (Lipinski definition) is 2. The van der Waals surface area contributed by atoms with Crippen molar-refractivity contribution in [1.82, 2.24) is 5.32 Å². The summed E-state index contributed by atoms with van der Waals surface area (Å²) in [5, 5.41) is 5.52. The maximum absolute atomic E-state index is 12.3. The molecule has 0 aromatic heterocycles. The van der Waals surface area contributed by atoms with E-state index in [1.54, 1.807) is 12.1 Å². The number of hydrogen-bond acceptors (Lipinski definition) is 2. The van der Waals surface area contributed by atoms with E-state index in [0.29, 0.717) is 5.69 Å². The molecular formula is C22H26N2O2. The Bertz CT molecular complexity index is 796. The summed E-state index contributed by atoms with van der Waals surface area (Å²) in [5.74, 6) is -1.24. The fourth-order valence-corrected chi connectivity index (χ4v) is 3.44. The van der Waals surface area contributed by atoms with Crippen LogP contribution < -0.4 is 10.6 Å². The largest absolute Gasteiger partial charge is 0.341 e. The van der Waals surface area contributed by atoms with Crippen LogP contribution in [0.2, 0.25) is 0 Å². The Morgan fingerprint density at radius 3 is 2.35 bits per heavy atom. The number of carbonyl (C=O) groups excluding carboxylic acids is 2. The summed E-state index contributed by atoms with van der Waals surface area (Å²) in [7, 11) is 0. The normalized spacial score (nSPS) is 14.2. The number of carbonyl (C=O) groups is 2. The van der Waals surface area contributed by atoms with Crippen molar-refractivity contribution in [3.8, 4) is 0 Å². The van der Waals surface area contributed by atoms with E-state index in [1.165, 1.54) is 24.0 Å². The maximum atomic E-state index is 12.3. The van der Waals surface area contributed by atoms with Crippen LogP contribution in [0.1, 0.15) is 54.5 Å². The predicted molar refractivity (Wildman–Crippen MR) is 104 cm³/mol. The average Bonchev–Trinajstić information content (AvgIpc) is 2.67. The van der Waals surface area contributed by atoms with Crippen molar-refractivity contribution < 1.29 is 9.59 Å². The van der Waals surface area contributed by atoms with Crippen LogP contribution >= 0.6 is 0 Å². The summed E-state index contributed by atoms with van der Waals surface area (Å²) in [5.41, 5.74) is 5.59. The van der Waals surface area contributed by atoms with Crippen LogP contribution in [0.15, 0.2) is 42.5 Å². The minimum Gasteiger partial charge on any atom is -0.341 e. The second-order valence-electron chi connectivity index (χ2n) is 6.99. The molecule has 1 aliphatic rings. The number of rotatable bonds is 4. The Labute approximate surface area is 155 Å². The highest BCUT2D eigenvalue weighted by Gasteiger charge is 2.20. The van der Waals surface area contributed by atoms with Gasteiger partial charge in [0.25, 0.3) is 0 Å². The van der Waals surface area contributed by atoms with Crippen LogP contribution in [-0.4, -0.2) is 11.8 Å². The van der Waals surface area contributed by atoms with Crippen LogP contribution in [0.4, 0.5) is 5.69 Å². The molecule has 1 unspecified atom stereocenters. The summed E-state index contributed by atoms with van der Waals surface area (Å²) in [4.78, 5) is 24.5. The Hall–Kier alpha value is -2.62. The molecule has 2 aromatic rings. The van der Waals surface area contributed by atoms with Gasteiger partial charge in [-0.05, 0) is 67.9 Å². The van der Waals surface area contributed by atoms with Gasteiger partial charge in [-0.25, -0.2) is 0 Å². The van der Waals surface area contributed by atoms with Gasteiger partial charge in [0.2, 0.25) is 0 Å². The molecule has 4 heteroatoms. The third-order valence-corrected chi connectivity index (χ3v) is 5.00. The van der Waals surface area contributed by atoms with Crippen molar-refractivity contribution in [1.29, 1.82) is 0 Å². The summed E-state index contributed by atoms with van der Waals surface area (Å²) < 4.78 is 0. The topological polar surface area (TPSA) is 58.2 Å². The smallest absolute Gasteiger partial charge is 0.313 e. The Balaban J connectivity index is 1.66.